The lowest BCUT2D eigenvalue weighted by molar-refractivity contribution is -0.125. The van der Waals surface area contributed by atoms with Gasteiger partial charge in [0.2, 0.25) is 0 Å². The monoisotopic (exact) mass is 455 g/mol. The molecule has 2 heterocycles. The summed E-state index contributed by atoms with van der Waals surface area (Å²) in [7, 11) is 0. The number of hydrogen-bond donors (Lipinski definition) is 4. The number of hydrogen-bond acceptors (Lipinski definition) is 7. The van der Waals surface area contributed by atoms with Crippen molar-refractivity contribution in [1.82, 2.24) is 5.32 Å². The lowest BCUT2D eigenvalue weighted by Crippen LogP contribution is -2.42. The number of anilines is 2. The van der Waals surface area contributed by atoms with Crippen LogP contribution in [0.2, 0.25) is 4.34 Å². The van der Waals surface area contributed by atoms with E-state index in [1.165, 1.54) is 11.3 Å². The van der Waals surface area contributed by atoms with Crippen molar-refractivity contribution in [3.63, 3.8) is 0 Å². The van der Waals surface area contributed by atoms with Gasteiger partial charge < -0.3 is 25.0 Å². The summed E-state index contributed by atoms with van der Waals surface area (Å²) < 4.78 is 5.64. The van der Waals surface area contributed by atoms with Gasteiger partial charge in [-0.3, -0.25) is 15.0 Å². The molecule has 1 aliphatic heterocycles. The second kappa shape index (κ2) is 10.2. The number of ether oxygens (including phenoxy) is 1. The normalized spacial score (nSPS) is 16.4. The average molecular weight is 456 g/mol. The standard InChI is InChI=1S/C19H22ClN3O6S/c20-16-6-5-15(30-16)18(26)21-9-14(24)10-23(19(27)28)13-3-1-12(2-4-13)22-7-8-29-11-17(22)25/h1-6,14,18,21,24,26H,7-11H2,(H,27,28). The molecule has 3 rings (SSSR count). The molecule has 2 unspecified atom stereocenters. The predicted octanol–water partition coefficient (Wildman–Crippen LogP) is 1.89. The number of morpholine rings is 1. The van der Waals surface area contributed by atoms with Crippen molar-refractivity contribution in [2.75, 3.05) is 42.6 Å². The fourth-order valence-corrected chi connectivity index (χ4v) is 4.02. The van der Waals surface area contributed by atoms with Gasteiger partial charge in [-0.25, -0.2) is 4.79 Å². The summed E-state index contributed by atoms with van der Waals surface area (Å²) in [4.78, 5) is 26.8. The number of thiophene rings is 1. The van der Waals surface area contributed by atoms with Crippen LogP contribution >= 0.6 is 22.9 Å². The van der Waals surface area contributed by atoms with Crippen molar-refractivity contribution in [2.45, 2.75) is 12.3 Å². The summed E-state index contributed by atoms with van der Waals surface area (Å²) in [5.74, 6) is -0.156. The summed E-state index contributed by atoms with van der Waals surface area (Å²) in [5, 5.41) is 32.6. The second-order valence-corrected chi connectivity index (χ2v) is 8.36. The molecule has 1 aromatic heterocycles. The molecule has 2 atom stereocenters. The van der Waals surface area contributed by atoms with Crippen molar-refractivity contribution in [3.8, 4) is 0 Å². The van der Waals surface area contributed by atoms with Crippen LogP contribution in [0.5, 0.6) is 0 Å². The van der Waals surface area contributed by atoms with E-state index < -0.39 is 18.4 Å². The number of carbonyl (C=O) groups is 2. The van der Waals surface area contributed by atoms with Crippen LogP contribution in [0.15, 0.2) is 36.4 Å². The van der Waals surface area contributed by atoms with E-state index >= 15 is 0 Å². The summed E-state index contributed by atoms with van der Waals surface area (Å²) in [6, 6.07) is 9.79. The van der Waals surface area contributed by atoms with Gasteiger partial charge in [-0.1, -0.05) is 11.6 Å². The first-order valence-electron chi connectivity index (χ1n) is 9.18. The molecular weight excluding hydrogens is 434 g/mol. The van der Waals surface area contributed by atoms with Gasteiger partial charge in [0, 0.05) is 29.3 Å². The van der Waals surface area contributed by atoms with E-state index in [2.05, 4.69) is 5.32 Å². The highest BCUT2D eigenvalue weighted by molar-refractivity contribution is 7.16. The molecule has 162 valence electrons. The smallest absolute Gasteiger partial charge is 0.411 e. The average Bonchev–Trinajstić information content (AvgIpc) is 3.17. The zero-order valence-electron chi connectivity index (χ0n) is 15.9. The van der Waals surface area contributed by atoms with Gasteiger partial charge in [0.25, 0.3) is 5.91 Å². The number of amides is 2. The molecule has 1 aliphatic rings. The number of rotatable bonds is 8. The minimum Gasteiger partial charge on any atom is -0.465 e. The Hall–Kier alpha value is -2.21. The molecule has 0 spiro atoms. The highest BCUT2D eigenvalue weighted by Gasteiger charge is 2.22. The third kappa shape index (κ3) is 5.69. The molecule has 2 amide bonds. The molecule has 0 radical (unpaired) electrons. The SMILES string of the molecule is O=C(O)N(CC(O)CNC(O)c1ccc(Cl)s1)c1ccc(N2CCOCC2=O)cc1. The van der Waals surface area contributed by atoms with E-state index in [-0.39, 0.29) is 25.6 Å². The van der Waals surface area contributed by atoms with Crippen LogP contribution in [-0.4, -0.2) is 66.3 Å². The Bertz CT molecular complexity index is 877. The Balaban J connectivity index is 1.59. The maximum Gasteiger partial charge on any atom is 0.411 e. The van der Waals surface area contributed by atoms with E-state index in [0.29, 0.717) is 33.7 Å². The number of aliphatic hydroxyl groups is 2. The van der Waals surface area contributed by atoms with E-state index in [1.54, 1.807) is 41.3 Å². The third-order valence-corrected chi connectivity index (χ3v) is 5.78. The fraction of sp³-hybridized carbons (Fsp3) is 0.368. The van der Waals surface area contributed by atoms with Crippen molar-refractivity contribution < 1.29 is 29.6 Å². The number of benzene rings is 1. The number of aliphatic hydroxyl groups excluding tert-OH is 2. The number of nitrogens with one attached hydrogen (secondary N) is 1. The predicted molar refractivity (Wildman–Crippen MR) is 113 cm³/mol. The maximum atomic E-state index is 11.9. The van der Waals surface area contributed by atoms with Gasteiger partial charge in [0.05, 0.1) is 23.6 Å². The van der Waals surface area contributed by atoms with Gasteiger partial charge in [0.1, 0.15) is 12.8 Å². The van der Waals surface area contributed by atoms with Gasteiger partial charge >= 0.3 is 6.09 Å². The Morgan fingerprint density at radius 2 is 2.00 bits per heavy atom. The quantitative estimate of drug-likeness (QED) is 0.448. The molecule has 0 saturated carbocycles. The molecule has 0 bridgehead atoms. The molecule has 2 aromatic rings. The fourth-order valence-electron chi connectivity index (χ4n) is 3.00. The van der Waals surface area contributed by atoms with E-state index in [0.717, 1.165) is 4.90 Å². The Kier molecular flexibility index (Phi) is 7.64. The lowest BCUT2D eigenvalue weighted by atomic mass is 10.2. The van der Waals surface area contributed by atoms with Gasteiger partial charge in [-0.05, 0) is 36.4 Å². The van der Waals surface area contributed by atoms with Gasteiger partial charge in [-0.15, -0.1) is 11.3 Å². The van der Waals surface area contributed by atoms with Crippen molar-refractivity contribution in [2.24, 2.45) is 0 Å². The molecule has 0 aliphatic carbocycles. The van der Waals surface area contributed by atoms with Crippen LogP contribution in [0.1, 0.15) is 11.1 Å². The molecule has 30 heavy (non-hydrogen) atoms. The highest BCUT2D eigenvalue weighted by Crippen LogP contribution is 2.26. The molecule has 1 fully saturated rings. The topological polar surface area (TPSA) is 123 Å². The molecular formula is C19H22ClN3O6S. The molecule has 11 heteroatoms. The Labute approximate surface area is 182 Å². The van der Waals surface area contributed by atoms with Crippen LogP contribution in [0.3, 0.4) is 0 Å². The Morgan fingerprint density at radius 1 is 1.27 bits per heavy atom. The highest BCUT2D eigenvalue weighted by atomic mass is 35.5. The van der Waals surface area contributed by atoms with E-state index in [4.69, 9.17) is 16.3 Å². The summed E-state index contributed by atoms with van der Waals surface area (Å²) in [6.45, 7) is 0.670. The minimum atomic E-state index is -1.23. The number of nitrogens with zero attached hydrogens (tertiary/aromatic N) is 2. The lowest BCUT2D eigenvalue weighted by Gasteiger charge is -2.28. The van der Waals surface area contributed by atoms with Crippen molar-refractivity contribution in [3.05, 3.63) is 45.6 Å². The Morgan fingerprint density at radius 3 is 2.60 bits per heavy atom. The first-order chi connectivity index (χ1) is 14.3. The summed E-state index contributed by atoms with van der Waals surface area (Å²) >= 11 is 7.05. The molecule has 4 N–H and O–H groups in total. The number of carbonyl (C=O) groups excluding carboxylic acids is 1. The first-order valence-corrected chi connectivity index (χ1v) is 10.4. The third-order valence-electron chi connectivity index (χ3n) is 4.49. The zero-order chi connectivity index (χ0) is 21.7. The summed E-state index contributed by atoms with van der Waals surface area (Å²) in [6.07, 6.45) is -3.30. The van der Waals surface area contributed by atoms with Crippen LogP contribution in [-0.2, 0) is 9.53 Å². The molecule has 1 aromatic carbocycles. The van der Waals surface area contributed by atoms with Gasteiger partial charge in [0.15, 0.2) is 0 Å². The van der Waals surface area contributed by atoms with Crippen LogP contribution < -0.4 is 15.1 Å². The van der Waals surface area contributed by atoms with Crippen molar-refractivity contribution >= 4 is 46.3 Å². The number of halogens is 1. The first kappa shape index (κ1) is 22.5. The summed E-state index contributed by atoms with van der Waals surface area (Å²) in [5.41, 5.74) is 1.01. The molecule has 1 saturated heterocycles. The van der Waals surface area contributed by atoms with E-state index in [9.17, 15) is 24.9 Å². The zero-order valence-corrected chi connectivity index (χ0v) is 17.5. The second-order valence-electron chi connectivity index (χ2n) is 6.61. The van der Waals surface area contributed by atoms with Crippen LogP contribution in [0, 0.1) is 0 Å². The van der Waals surface area contributed by atoms with Crippen molar-refractivity contribution in [1.29, 1.82) is 0 Å². The minimum absolute atomic E-state index is 0.0196. The maximum absolute atomic E-state index is 11.9. The van der Waals surface area contributed by atoms with Crippen LogP contribution in [0.4, 0.5) is 16.2 Å². The van der Waals surface area contributed by atoms with E-state index in [1.807, 2.05) is 0 Å². The number of carboxylic acid groups (broad SMARTS) is 1. The van der Waals surface area contributed by atoms with Crippen LogP contribution in [0.25, 0.3) is 0 Å². The largest absolute Gasteiger partial charge is 0.465 e. The van der Waals surface area contributed by atoms with Gasteiger partial charge in [-0.2, -0.15) is 0 Å². The molecule has 9 nitrogen and oxygen atoms in total.